The molecule has 2 bridgehead atoms. The summed E-state index contributed by atoms with van der Waals surface area (Å²) in [6.07, 6.45) is -6.26. The number of aliphatic hydroxyl groups is 2. The van der Waals surface area contributed by atoms with E-state index in [-0.39, 0.29) is 63.2 Å². The number of aliphatic hydroxyl groups excluding tert-OH is 2. The molecule has 24 nitrogen and oxygen atoms in total. The van der Waals surface area contributed by atoms with Crippen LogP contribution in [-0.2, 0) is 65.7 Å². The molecule has 2 aromatic rings. The molecule has 2 heterocycles. The van der Waals surface area contributed by atoms with E-state index in [0.29, 0.717) is 16.1 Å². The quantitative estimate of drug-likeness (QED) is 0.0307. The number of amides is 6. The molecule has 2 aliphatic heterocycles. The lowest BCUT2D eigenvalue weighted by Crippen LogP contribution is -2.65. The van der Waals surface area contributed by atoms with Crippen molar-refractivity contribution in [2.45, 2.75) is 120 Å². The second-order valence-electron chi connectivity index (χ2n) is 16.8. The van der Waals surface area contributed by atoms with Gasteiger partial charge in [0.15, 0.2) is 12.1 Å². The number of guanidine groups is 1. The van der Waals surface area contributed by atoms with Crippen molar-refractivity contribution < 1.29 is 70.8 Å². The fraction of sp³-hybridized carbons (Fsp3) is 0.535. The van der Waals surface area contributed by atoms with Gasteiger partial charge >= 0.3 is 16.4 Å². The van der Waals surface area contributed by atoms with Crippen molar-refractivity contribution in [1.29, 1.82) is 0 Å². The highest BCUT2D eigenvalue weighted by Gasteiger charge is 2.46. The molecule has 0 saturated carbocycles. The third-order valence-electron chi connectivity index (χ3n) is 11.7. The highest BCUT2D eigenvalue weighted by molar-refractivity contribution is 7.80. The first-order valence-corrected chi connectivity index (χ1v) is 23.7. The van der Waals surface area contributed by atoms with E-state index in [4.69, 9.17) is 32.4 Å². The first kappa shape index (κ1) is 55.5. The number of carbonyl (C=O) groups excluding carboxylic acids is 7. The van der Waals surface area contributed by atoms with Crippen LogP contribution < -0.4 is 32.7 Å². The van der Waals surface area contributed by atoms with Crippen molar-refractivity contribution in [1.82, 2.24) is 31.1 Å². The number of phenols is 1. The van der Waals surface area contributed by atoms with Gasteiger partial charge < -0.3 is 62.6 Å². The molecule has 0 spiro atoms. The molecule has 0 aliphatic carbocycles. The maximum Gasteiger partial charge on any atom is 0.397 e. The van der Waals surface area contributed by atoms with Crippen molar-refractivity contribution in [3.8, 4) is 5.75 Å². The summed E-state index contributed by atoms with van der Waals surface area (Å²) in [4.78, 5) is 106. The van der Waals surface area contributed by atoms with E-state index < -0.39 is 119 Å². The van der Waals surface area contributed by atoms with Crippen LogP contribution in [0.2, 0.25) is 5.02 Å². The Hall–Kier alpha value is -6.12. The number of hydrogen-bond donors (Lipinski definition) is 10. The largest absolute Gasteiger partial charge is 0.508 e. The molecule has 380 valence electrons. The summed E-state index contributed by atoms with van der Waals surface area (Å²) >= 11 is 6.17. The summed E-state index contributed by atoms with van der Waals surface area (Å²) in [5.74, 6) is -8.45. The SMILES string of the molecule is CCC(C)C1NC(=O)C(Cc2ccc(O)cc2)N(C)C(=O)C(Cc2ccc(Cl)cc2)N2C(=O)C(CCC2O)NC(=O)C(CCCN=C(N)N)NC(=O)C(NC(=O)C(O)COS(=O)(=O)O)C(C)OC1=O. The molecule has 10 atom stereocenters. The van der Waals surface area contributed by atoms with Gasteiger partial charge in [0.1, 0.15) is 60.9 Å². The molecule has 2 aromatic carbocycles. The van der Waals surface area contributed by atoms with Crippen molar-refractivity contribution in [3.05, 3.63) is 64.7 Å². The van der Waals surface area contributed by atoms with E-state index in [9.17, 15) is 52.5 Å². The van der Waals surface area contributed by atoms with Gasteiger partial charge in [-0.05, 0) is 73.9 Å². The second-order valence-corrected chi connectivity index (χ2v) is 18.3. The van der Waals surface area contributed by atoms with Crippen molar-refractivity contribution in [2.24, 2.45) is 22.4 Å². The summed E-state index contributed by atoms with van der Waals surface area (Å²) in [6.45, 7) is 3.11. The van der Waals surface area contributed by atoms with E-state index in [1.807, 2.05) is 0 Å². The van der Waals surface area contributed by atoms with Crippen LogP contribution in [0, 0.1) is 5.92 Å². The van der Waals surface area contributed by atoms with E-state index in [2.05, 4.69) is 30.4 Å². The number of likely N-dealkylation sites (N-methyl/N-ethyl adjacent to an activating group) is 1. The Bertz CT molecular complexity index is 2300. The van der Waals surface area contributed by atoms with Crippen LogP contribution in [0.25, 0.3) is 0 Å². The lowest BCUT2D eigenvalue weighted by molar-refractivity contribution is -0.165. The van der Waals surface area contributed by atoms with Crippen LogP contribution in [0.3, 0.4) is 0 Å². The molecule has 10 unspecified atom stereocenters. The van der Waals surface area contributed by atoms with E-state index in [0.717, 1.165) is 16.7 Å². The van der Waals surface area contributed by atoms with E-state index in [1.54, 1.807) is 38.1 Å². The first-order chi connectivity index (χ1) is 32.4. The predicted octanol–water partition coefficient (Wildman–Crippen LogP) is -1.87. The second kappa shape index (κ2) is 24.9. The maximum atomic E-state index is 15.1. The lowest BCUT2D eigenvalue weighted by Gasteiger charge is -2.43. The number of piperidine rings is 1. The molecule has 0 radical (unpaired) electrons. The fourth-order valence-corrected chi connectivity index (χ4v) is 8.05. The van der Waals surface area contributed by atoms with Crippen LogP contribution in [0.1, 0.15) is 64.0 Å². The number of nitrogens with two attached hydrogens (primary N) is 2. The number of nitrogens with one attached hydrogen (secondary N) is 4. The average Bonchev–Trinajstić information content (AvgIpc) is 3.29. The monoisotopic (exact) mass is 1010 g/mol. The number of esters is 1. The third-order valence-corrected chi connectivity index (χ3v) is 12.4. The molecule has 12 N–H and O–H groups in total. The highest BCUT2D eigenvalue weighted by Crippen LogP contribution is 2.26. The van der Waals surface area contributed by atoms with Gasteiger partial charge in [-0.3, -0.25) is 38.3 Å². The van der Waals surface area contributed by atoms with Crippen molar-refractivity contribution in [2.75, 3.05) is 20.2 Å². The third kappa shape index (κ3) is 16.0. The van der Waals surface area contributed by atoms with Crippen LogP contribution in [0.4, 0.5) is 0 Å². The first-order valence-electron chi connectivity index (χ1n) is 22.0. The van der Waals surface area contributed by atoms with Gasteiger partial charge in [0.25, 0.3) is 5.91 Å². The number of ether oxygens (including phenoxy) is 1. The highest BCUT2D eigenvalue weighted by atomic mass is 35.5. The average molecular weight is 1010 g/mol. The normalized spacial score (nSPS) is 25.4. The summed E-state index contributed by atoms with van der Waals surface area (Å²) in [6, 6.07) is 2.63. The van der Waals surface area contributed by atoms with Gasteiger partial charge in [-0.2, -0.15) is 8.42 Å². The summed E-state index contributed by atoms with van der Waals surface area (Å²) in [5, 5.41) is 42.2. The number of halogens is 1. The van der Waals surface area contributed by atoms with Crippen LogP contribution in [-0.4, -0.2) is 160 Å². The minimum absolute atomic E-state index is 0.0402. The van der Waals surface area contributed by atoms with Crippen molar-refractivity contribution >= 4 is 69.4 Å². The Labute approximate surface area is 403 Å². The number of hydrogen-bond acceptors (Lipinski definition) is 15. The van der Waals surface area contributed by atoms with Gasteiger partial charge in [0, 0.05) is 31.5 Å². The number of nitrogens with zero attached hydrogens (tertiary/aromatic N) is 3. The van der Waals surface area contributed by atoms with Gasteiger partial charge in [-0.15, -0.1) is 0 Å². The van der Waals surface area contributed by atoms with Crippen molar-refractivity contribution in [3.63, 3.8) is 0 Å². The Morgan fingerprint density at radius 3 is 2.14 bits per heavy atom. The van der Waals surface area contributed by atoms with E-state index >= 15 is 4.79 Å². The molecule has 26 heteroatoms. The van der Waals surface area contributed by atoms with Crippen LogP contribution in [0.5, 0.6) is 5.75 Å². The zero-order valence-electron chi connectivity index (χ0n) is 38.3. The number of phenolic OH excluding ortho intramolecular Hbond substituents is 1. The fourth-order valence-electron chi connectivity index (χ4n) is 7.62. The summed E-state index contributed by atoms with van der Waals surface area (Å²) in [5.41, 5.74) is 11.9. The maximum absolute atomic E-state index is 15.1. The number of fused-ring (bicyclic) bond motifs is 2. The van der Waals surface area contributed by atoms with E-state index in [1.165, 1.54) is 31.3 Å². The number of cyclic esters (lactones) is 1. The number of rotatable bonds is 15. The number of aliphatic imine (C=N–C) groups is 1. The Morgan fingerprint density at radius 2 is 1.55 bits per heavy atom. The predicted molar refractivity (Wildman–Crippen MR) is 246 cm³/mol. The number of carbonyl (C=O) groups is 7. The van der Waals surface area contributed by atoms with Gasteiger partial charge in [0.05, 0.1) is 0 Å². The topological polar surface area (TPSA) is 372 Å². The Kier molecular flexibility index (Phi) is 20.1. The molecular weight excluding hydrogens is 950 g/mol. The zero-order chi connectivity index (χ0) is 51.3. The summed E-state index contributed by atoms with van der Waals surface area (Å²) in [7, 11) is -3.84. The van der Waals surface area contributed by atoms with Gasteiger partial charge in [0.2, 0.25) is 29.5 Å². The minimum atomic E-state index is -5.14. The minimum Gasteiger partial charge on any atom is -0.508 e. The number of aromatic hydroxyl groups is 1. The summed E-state index contributed by atoms with van der Waals surface area (Å²) < 4.78 is 41.2. The Balaban J connectivity index is 1.90. The van der Waals surface area contributed by atoms with Gasteiger partial charge in [-0.1, -0.05) is 56.1 Å². The molecule has 6 amide bonds. The standard InChI is InChI=1S/C43H60ClN9O15S/c1-5-22(2)34-42(63)68-23(3)35(51-38(59)32(55)21-67-69(64,65)66)39(60)48-28(7-6-18-47-43(45)46)36(57)49-29-16-17-33(56)53(40(29)61)31(20-24-8-12-26(44)13-9-24)41(62)52(4)30(37(58)50-34)19-25-10-14-27(54)15-11-25/h8-15,22-23,28-35,54-56H,5-7,16-21H2,1-4H3,(H,48,60)(H,49,57)(H,50,58)(H,51,59)(H4,45,46,47)(H,64,65,66). The number of benzene rings is 2. The molecule has 2 fully saturated rings. The molecule has 0 aromatic heterocycles. The molecular formula is C43H60ClN9O15S. The van der Waals surface area contributed by atoms with Crippen LogP contribution >= 0.6 is 11.6 Å². The van der Waals surface area contributed by atoms with Crippen LogP contribution in [0.15, 0.2) is 53.5 Å². The Morgan fingerprint density at radius 1 is 0.942 bits per heavy atom. The molecule has 4 rings (SSSR count). The van der Waals surface area contributed by atoms with Gasteiger partial charge in [-0.25, -0.2) is 8.98 Å². The molecule has 69 heavy (non-hydrogen) atoms. The smallest absolute Gasteiger partial charge is 0.397 e. The zero-order valence-corrected chi connectivity index (χ0v) is 39.9. The molecule has 2 saturated heterocycles. The molecule has 2 aliphatic rings. The lowest BCUT2D eigenvalue weighted by atomic mass is 9.95.